The molecule has 0 saturated carbocycles. The van der Waals surface area contributed by atoms with E-state index >= 15 is 0 Å². The summed E-state index contributed by atoms with van der Waals surface area (Å²) in [5, 5.41) is 0. The topological polar surface area (TPSA) is 38.8 Å². The van der Waals surface area contributed by atoms with Crippen LogP contribution in [0.4, 0.5) is 16.3 Å². The van der Waals surface area contributed by atoms with E-state index in [1.54, 1.807) is 13.1 Å². The van der Waals surface area contributed by atoms with Gasteiger partial charge >= 0.3 is 6.09 Å². The summed E-state index contributed by atoms with van der Waals surface area (Å²) in [6.45, 7) is 10.9. The average molecular weight is 295 g/mol. The van der Waals surface area contributed by atoms with Gasteiger partial charge in [0, 0.05) is 18.2 Å². The number of rotatable bonds is 1. The van der Waals surface area contributed by atoms with Crippen molar-refractivity contribution >= 4 is 17.6 Å². The van der Waals surface area contributed by atoms with Crippen molar-refractivity contribution in [3.8, 4) is 11.3 Å². The first kappa shape index (κ1) is 14.2. The molecule has 3 rings (SSSR count). The minimum absolute atomic E-state index is 0.348. The van der Waals surface area contributed by atoms with Gasteiger partial charge in [0.05, 0.1) is 12.7 Å². The van der Waals surface area contributed by atoms with E-state index in [-0.39, 0.29) is 6.09 Å². The number of amides is 1. The molecule has 5 nitrogen and oxygen atoms in total. The summed E-state index contributed by atoms with van der Waals surface area (Å²) < 4.78 is 7.35. The lowest BCUT2D eigenvalue weighted by Gasteiger charge is -2.37. The largest absolute Gasteiger partial charge is 0.438 e. The Balaban J connectivity index is 2.17. The molecule has 0 saturated heterocycles. The molecule has 1 aromatic heterocycles. The Labute approximate surface area is 129 Å². The quantitative estimate of drug-likeness (QED) is 0.744. The van der Waals surface area contributed by atoms with Crippen LogP contribution < -0.4 is 4.90 Å². The second-order valence-corrected chi connectivity index (χ2v) is 5.92. The van der Waals surface area contributed by atoms with Gasteiger partial charge in [-0.3, -0.25) is 9.47 Å². The van der Waals surface area contributed by atoms with Crippen LogP contribution in [-0.4, -0.2) is 17.7 Å². The van der Waals surface area contributed by atoms with Gasteiger partial charge in [-0.25, -0.2) is 4.79 Å². The van der Waals surface area contributed by atoms with Crippen molar-refractivity contribution in [3.05, 3.63) is 47.3 Å². The average Bonchev–Trinajstić information content (AvgIpc) is 2.85. The van der Waals surface area contributed by atoms with Gasteiger partial charge in [-0.2, -0.15) is 0 Å². The van der Waals surface area contributed by atoms with Gasteiger partial charge in [-0.1, -0.05) is 6.57 Å². The van der Waals surface area contributed by atoms with Crippen molar-refractivity contribution in [1.82, 2.24) is 4.57 Å². The van der Waals surface area contributed by atoms with E-state index in [0.29, 0.717) is 5.82 Å². The maximum atomic E-state index is 11.9. The highest BCUT2D eigenvalue weighted by Gasteiger charge is 2.37. The van der Waals surface area contributed by atoms with Gasteiger partial charge in [0.1, 0.15) is 11.3 Å². The number of hydrogen-bond donors (Lipinski definition) is 0. The molecule has 112 valence electrons. The predicted molar refractivity (Wildman–Crippen MR) is 85.0 cm³/mol. The minimum Gasteiger partial charge on any atom is -0.438 e. The van der Waals surface area contributed by atoms with E-state index in [0.717, 1.165) is 22.5 Å². The van der Waals surface area contributed by atoms with E-state index in [1.807, 2.05) is 49.7 Å². The molecule has 1 amide bonds. The van der Waals surface area contributed by atoms with Crippen molar-refractivity contribution in [2.24, 2.45) is 7.05 Å². The van der Waals surface area contributed by atoms with Gasteiger partial charge in [0.25, 0.3) is 0 Å². The van der Waals surface area contributed by atoms with Crippen molar-refractivity contribution in [3.63, 3.8) is 0 Å². The summed E-state index contributed by atoms with van der Waals surface area (Å²) in [5.41, 5.74) is 3.09. The first-order valence-electron chi connectivity index (χ1n) is 7.00. The predicted octanol–water partition coefficient (Wildman–Crippen LogP) is 4.06. The Bertz CT molecular complexity index is 812. The number of nitrogens with zero attached hydrogens (tertiary/aromatic N) is 3. The number of fused-ring (bicyclic) bond motifs is 1. The molecule has 0 atom stereocenters. The Morgan fingerprint density at radius 3 is 2.55 bits per heavy atom. The summed E-state index contributed by atoms with van der Waals surface area (Å²) in [6.07, 6.45) is -0.348. The van der Waals surface area contributed by atoms with Crippen LogP contribution in [0.1, 0.15) is 19.4 Å². The van der Waals surface area contributed by atoms with Crippen LogP contribution in [0.5, 0.6) is 0 Å². The van der Waals surface area contributed by atoms with Crippen LogP contribution in [0.25, 0.3) is 16.1 Å². The van der Waals surface area contributed by atoms with Crippen molar-refractivity contribution in [1.29, 1.82) is 0 Å². The first-order chi connectivity index (χ1) is 10.3. The third-order valence-corrected chi connectivity index (χ3v) is 4.13. The molecule has 1 aliphatic rings. The Morgan fingerprint density at radius 1 is 1.18 bits per heavy atom. The fraction of sp³-hybridized carbons (Fsp3) is 0.294. The third-order valence-electron chi connectivity index (χ3n) is 4.13. The highest BCUT2D eigenvalue weighted by molar-refractivity contribution is 5.91. The van der Waals surface area contributed by atoms with E-state index in [1.165, 1.54) is 4.90 Å². The van der Waals surface area contributed by atoms with E-state index in [2.05, 4.69) is 4.85 Å². The van der Waals surface area contributed by atoms with Crippen LogP contribution in [0.15, 0.2) is 30.3 Å². The number of aromatic nitrogens is 1. The molecule has 1 aliphatic heterocycles. The van der Waals surface area contributed by atoms with Crippen LogP contribution in [0, 0.1) is 6.57 Å². The second kappa shape index (κ2) is 4.63. The van der Waals surface area contributed by atoms with E-state index < -0.39 is 5.60 Å². The summed E-state index contributed by atoms with van der Waals surface area (Å²) in [6, 6.07) is 9.66. The molecule has 0 aliphatic carbocycles. The van der Waals surface area contributed by atoms with Gasteiger partial charge in [0.2, 0.25) is 5.82 Å². The lowest BCUT2D eigenvalue weighted by molar-refractivity contribution is 0.0362. The zero-order valence-corrected chi connectivity index (χ0v) is 13.0. The molecule has 2 heterocycles. The number of benzene rings is 1. The fourth-order valence-electron chi connectivity index (χ4n) is 2.81. The number of anilines is 1. The van der Waals surface area contributed by atoms with Crippen molar-refractivity contribution in [2.45, 2.75) is 19.4 Å². The number of carbonyl (C=O) groups excluding carboxylic acids is 1. The summed E-state index contributed by atoms with van der Waals surface area (Å²) in [4.78, 5) is 16.9. The Morgan fingerprint density at radius 2 is 1.91 bits per heavy atom. The highest BCUT2D eigenvalue weighted by atomic mass is 16.6. The lowest BCUT2D eigenvalue weighted by atomic mass is 9.92. The smallest absolute Gasteiger partial charge is 0.414 e. The third kappa shape index (κ3) is 1.96. The van der Waals surface area contributed by atoms with Crippen molar-refractivity contribution in [2.75, 3.05) is 11.9 Å². The zero-order chi connectivity index (χ0) is 16.1. The Hall–Kier alpha value is -2.74. The van der Waals surface area contributed by atoms with Crippen LogP contribution in [0.2, 0.25) is 0 Å². The molecular formula is C17H17N3O2. The number of ether oxygens (including phenoxy) is 1. The summed E-state index contributed by atoms with van der Waals surface area (Å²) >= 11 is 0. The van der Waals surface area contributed by atoms with Crippen LogP contribution in [0.3, 0.4) is 0 Å². The SMILES string of the molecule is [C-]#[N+]c1ccc(-c2ccc3c(c2)C(C)(C)OC(=O)N3C)n1C. The molecular weight excluding hydrogens is 278 g/mol. The standard InChI is InChI=1S/C17H17N3O2/c1-17(2)12-10-11(13-8-9-15(18-3)19(13)4)6-7-14(12)20(5)16(21)22-17/h6-10H,1-2,4-5H3. The molecule has 1 aromatic carbocycles. The molecule has 0 radical (unpaired) electrons. The molecule has 2 aromatic rings. The van der Waals surface area contributed by atoms with Crippen molar-refractivity contribution < 1.29 is 9.53 Å². The van der Waals surface area contributed by atoms with E-state index in [9.17, 15) is 4.79 Å². The molecule has 22 heavy (non-hydrogen) atoms. The second-order valence-electron chi connectivity index (χ2n) is 5.92. The molecule has 5 heteroatoms. The molecule has 0 N–H and O–H groups in total. The normalized spacial score (nSPS) is 16.0. The van der Waals surface area contributed by atoms with Gasteiger partial charge in [-0.05, 0) is 44.2 Å². The molecule has 0 fully saturated rings. The molecule has 0 bridgehead atoms. The number of carbonyl (C=O) groups is 1. The van der Waals surface area contributed by atoms with Crippen LogP contribution in [-0.2, 0) is 17.4 Å². The van der Waals surface area contributed by atoms with Gasteiger partial charge in [0.15, 0.2) is 0 Å². The van der Waals surface area contributed by atoms with E-state index in [4.69, 9.17) is 11.3 Å². The maximum absolute atomic E-state index is 11.9. The molecule has 0 spiro atoms. The fourth-order valence-corrected chi connectivity index (χ4v) is 2.81. The van der Waals surface area contributed by atoms with Gasteiger partial charge in [-0.15, -0.1) is 0 Å². The van der Waals surface area contributed by atoms with Gasteiger partial charge < -0.3 is 9.58 Å². The Kier molecular flexibility index (Phi) is 2.99. The minimum atomic E-state index is -0.678. The van der Waals surface area contributed by atoms with Crippen LogP contribution >= 0.6 is 0 Å². The molecule has 0 unspecified atom stereocenters. The monoisotopic (exact) mass is 295 g/mol. The number of cyclic esters (lactones) is 1. The first-order valence-corrected chi connectivity index (χ1v) is 7.00. The number of hydrogen-bond acceptors (Lipinski definition) is 2. The maximum Gasteiger partial charge on any atom is 0.414 e. The zero-order valence-electron chi connectivity index (χ0n) is 13.0. The lowest BCUT2D eigenvalue weighted by Crippen LogP contribution is -2.41. The summed E-state index contributed by atoms with van der Waals surface area (Å²) in [5.74, 6) is 0.593. The summed E-state index contributed by atoms with van der Waals surface area (Å²) in [7, 11) is 3.58. The highest BCUT2D eigenvalue weighted by Crippen LogP contribution is 2.40.